The largest absolute Gasteiger partial charge is 0.359 e. The Labute approximate surface area is 202 Å². The van der Waals surface area contributed by atoms with Crippen LogP contribution in [0.2, 0.25) is 25.7 Å². The molecule has 2 heterocycles. The van der Waals surface area contributed by atoms with Crippen molar-refractivity contribution in [3.8, 4) is 11.3 Å². The van der Waals surface area contributed by atoms with Crippen LogP contribution in [0, 0.1) is 15.2 Å². The molecule has 0 fully saturated rings. The summed E-state index contributed by atoms with van der Waals surface area (Å²) in [6.45, 7) is 7.84. The van der Waals surface area contributed by atoms with E-state index in [9.17, 15) is 8.78 Å². The van der Waals surface area contributed by atoms with Crippen LogP contribution in [0.15, 0.2) is 41.0 Å². The highest BCUT2D eigenvalue weighted by molar-refractivity contribution is 14.1. The van der Waals surface area contributed by atoms with E-state index in [1.165, 1.54) is 18.2 Å². The van der Waals surface area contributed by atoms with Gasteiger partial charge in [0.15, 0.2) is 0 Å². The summed E-state index contributed by atoms with van der Waals surface area (Å²) in [5.74, 6) is -1.30. The molecule has 0 radical (unpaired) electrons. The molecule has 0 aliphatic heterocycles. The Bertz CT molecular complexity index is 1270. The van der Waals surface area contributed by atoms with Crippen molar-refractivity contribution in [2.45, 2.75) is 32.4 Å². The molecule has 2 aromatic heterocycles. The zero-order valence-corrected chi connectivity index (χ0v) is 22.1. The molecular formula is C22H21BrF2IN3OSi. The molecule has 31 heavy (non-hydrogen) atoms. The maximum atomic E-state index is 14.6. The number of hydrogen-bond donors (Lipinski definition) is 0. The first-order valence-electron chi connectivity index (χ1n) is 9.83. The highest BCUT2D eigenvalue weighted by Gasteiger charge is 2.21. The highest BCUT2D eigenvalue weighted by atomic mass is 127. The van der Waals surface area contributed by atoms with Gasteiger partial charge in [0.1, 0.15) is 34.0 Å². The molecule has 0 unspecified atom stereocenters. The minimum Gasteiger partial charge on any atom is -0.359 e. The van der Waals surface area contributed by atoms with Crippen molar-refractivity contribution in [1.29, 1.82) is 0 Å². The Morgan fingerprint density at radius 3 is 2.45 bits per heavy atom. The number of benzene rings is 2. The van der Waals surface area contributed by atoms with Crippen molar-refractivity contribution in [2.75, 3.05) is 6.61 Å². The number of fused-ring (bicyclic) bond motifs is 3. The van der Waals surface area contributed by atoms with Crippen LogP contribution in [0.4, 0.5) is 8.78 Å². The molecule has 0 saturated carbocycles. The average molecular weight is 616 g/mol. The van der Waals surface area contributed by atoms with E-state index in [1.807, 2.05) is 18.2 Å². The predicted molar refractivity (Wildman–Crippen MR) is 135 cm³/mol. The second kappa shape index (κ2) is 8.84. The number of hydrogen-bond acceptors (Lipinski definition) is 3. The van der Waals surface area contributed by atoms with Crippen LogP contribution in [-0.4, -0.2) is 29.4 Å². The Hall–Kier alpha value is -1.43. The molecule has 9 heteroatoms. The Balaban J connectivity index is 1.86. The third-order valence-electron chi connectivity index (χ3n) is 4.99. The summed E-state index contributed by atoms with van der Waals surface area (Å²) in [5, 5.41) is 6.12. The van der Waals surface area contributed by atoms with Crippen molar-refractivity contribution in [2.24, 2.45) is 0 Å². The molecule has 4 nitrogen and oxygen atoms in total. The number of nitrogens with zero attached hydrogens (tertiary/aromatic N) is 3. The number of pyridine rings is 1. The molecule has 4 aromatic rings. The lowest BCUT2D eigenvalue weighted by Gasteiger charge is -2.15. The van der Waals surface area contributed by atoms with E-state index < -0.39 is 19.7 Å². The smallest absolute Gasteiger partial charge is 0.140 e. The molecule has 0 atom stereocenters. The van der Waals surface area contributed by atoms with Crippen LogP contribution in [0.5, 0.6) is 0 Å². The molecule has 0 N–H and O–H groups in total. The summed E-state index contributed by atoms with van der Waals surface area (Å²) < 4.78 is 38.4. The lowest BCUT2D eigenvalue weighted by atomic mass is 10.0. The fourth-order valence-corrected chi connectivity index (χ4v) is 5.04. The normalized spacial score (nSPS) is 12.2. The summed E-state index contributed by atoms with van der Waals surface area (Å²) >= 11 is 5.74. The Morgan fingerprint density at radius 2 is 1.77 bits per heavy atom. The fraction of sp³-hybridized carbons (Fsp3) is 0.273. The number of ether oxygens (including phenoxy) is 1. The van der Waals surface area contributed by atoms with Gasteiger partial charge in [-0.2, -0.15) is 5.10 Å². The monoisotopic (exact) mass is 615 g/mol. The van der Waals surface area contributed by atoms with Gasteiger partial charge in [-0.05, 0) is 68.8 Å². The van der Waals surface area contributed by atoms with Crippen LogP contribution in [0.1, 0.15) is 0 Å². The van der Waals surface area contributed by atoms with Gasteiger partial charge in [0, 0.05) is 29.0 Å². The molecular weight excluding hydrogens is 595 g/mol. The Kier molecular flexibility index (Phi) is 6.48. The minimum absolute atomic E-state index is 0.137. The van der Waals surface area contributed by atoms with Gasteiger partial charge in [0.05, 0.1) is 11.3 Å². The second-order valence-corrected chi connectivity index (χ2v) is 16.2. The van der Waals surface area contributed by atoms with Crippen LogP contribution < -0.4 is 0 Å². The molecule has 0 aliphatic carbocycles. The topological polar surface area (TPSA) is 39.9 Å². The van der Waals surface area contributed by atoms with Crippen molar-refractivity contribution in [1.82, 2.24) is 14.8 Å². The lowest BCUT2D eigenvalue weighted by molar-refractivity contribution is 0.0775. The first kappa shape index (κ1) is 22.7. The number of aromatic nitrogens is 3. The van der Waals surface area contributed by atoms with Crippen LogP contribution in [0.3, 0.4) is 0 Å². The molecule has 0 saturated heterocycles. The van der Waals surface area contributed by atoms with E-state index >= 15 is 0 Å². The molecule has 4 rings (SSSR count). The maximum Gasteiger partial charge on any atom is 0.140 e. The van der Waals surface area contributed by atoms with Crippen LogP contribution >= 0.6 is 38.5 Å². The van der Waals surface area contributed by atoms with Gasteiger partial charge in [0.25, 0.3) is 0 Å². The standard InChI is InChI=1S/C22H21BrF2IN3OSi/c1-31(2,3)10-9-30-12-29-22(23)21-20(28-29)14-8-7-13(26)11-15(14)19(27-21)18-16(24)5-4-6-17(18)25/h4-8,11H,9-10,12H2,1-3H3. The molecule has 0 spiro atoms. The van der Waals surface area contributed by atoms with Crippen molar-refractivity contribution in [3.05, 3.63) is 56.2 Å². The van der Waals surface area contributed by atoms with E-state index in [0.717, 1.165) is 15.0 Å². The summed E-state index contributed by atoms with van der Waals surface area (Å²) in [4.78, 5) is 4.66. The van der Waals surface area contributed by atoms with Crippen molar-refractivity contribution < 1.29 is 13.5 Å². The minimum atomic E-state index is -1.19. The number of rotatable bonds is 6. The first-order valence-corrected chi connectivity index (χ1v) is 15.4. The summed E-state index contributed by atoms with van der Waals surface area (Å²) in [6.07, 6.45) is 0. The van der Waals surface area contributed by atoms with E-state index in [0.29, 0.717) is 27.6 Å². The zero-order chi connectivity index (χ0) is 22.3. The zero-order valence-electron chi connectivity index (χ0n) is 17.3. The van der Waals surface area contributed by atoms with E-state index in [1.54, 1.807) is 4.68 Å². The summed E-state index contributed by atoms with van der Waals surface area (Å²) in [5.41, 5.74) is 1.33. The molecule has 2 aromatic carbocycles. The van der Waals surface area contributed by atoms with Crippen LogP contribution in [-0.2, 0) is 11.5 Å². The number of halogens is 4. The van der Waals surface area contributed by atoms with Gasteiger partial charge >= 0.3 is 0 Å². The third kappa shape index (κ3) is 4.69. The second-order valence-electron chi connectivity index (χ2n) is 8.58. The van der Waals surface area contributed by atoms with Gasteiger partial charge < -0.3 is 4.74 Å². The molecule has 0 aliphatic rings. The summed E-state index contributed by atoms with van der Waals surface area (Å²) in [6, 6.07) is 10.6. The average Bonchev–Trinajstić information content (AvgIpc) is 3.00. The molecule has 162 valence electrons. The molecule has 0 bridgehead atoms. The summed E-state index contributed by atoms with van der Waals surface area (Å²) in [7, 11) is -1.19. The van der Waals surface area contributed by atoms with Gasteiger partial charge in [-0.1, -0.05) is 31.8 Å². The van der Waals surface area contributed by atoms with Gasteiger partial charge in [-0.15, -0.1) is 0 Å². The Morgan fingerprint density at radius 1 is 1.06 bits per heavy atom. The van der Waals surface area contributed by atoms with Gasteiger partial charge in [-0.25, -0.2) is 18.4 Å². The quantitative estimate of drug-likeness (QED) is 0.131. The highest BCUT2D eigenvalue weighted by Crippen LogP contribution is 2.37. The first-order chi connectivity index (χ1) is 14.7. The SMILES string of the molecule is C[Si](C)(C)CCOCn1nc2c(nc(-c3c(F)cccc3F)c3cc(I)ccc32)c1Br. The van der Waals surface area contributed by atoms with Crippen molar-refractivity contribution >= 4 is 68.4 Å². The fourth-order valence-electron chi connectivity index (χ4n) is 3.33. The lowest BCUT2D eigenvalue weighted by Crippen LogP contribution is -2.22. The van der Waals surface area contributed by atoms with Crippen LogP contribution in [0.25, 0.3) is 33.1 Å². The van der Waals surface area contributed by atoms with E-state index in [4.69, 9.17) is 4.74 Å². The van der Waals surface area contributed by atoms with Gasteiger partial charge in [-0.3, -0.25) is 0 Å². The predicted octanol–water partition coefficient (Wildman–Crippen LogP) is 7.21. The molecule has 0 amide bonds. The van der Waals surface area contributed by atoms with Crippen molar-refractivity contribution in [3.63, 3.8) is 0 Å². The maximum absolute atomic E-state index is 14.6. The van der Waals surface area contributed by atoms with Gasteiger partial charge in [0.2, 0.25) is 0 Å². The van der Waals surface area contributed by atoms with E-state index in [2.05, 4.69) is 68.2 Å². The van der Waals surface area contributed by atoms with E-state index in [-0.39, 0.29) is 18.0 Å². The third-order valence-corrected chi connectivity index (χ3v) is 8.15.